The highest BCUT2D eigenvalue weighted by atomic mass is 35.5. The van der Waals surface area contributed by atoms with Gasteiger partial charge in [0, 0.05) is 24.5 Å². The molecular formula is C11H14ClN3O. The van der Waals surface area contributed by atoms with Crippen molar-refractivity contribution in [3.05, 3.63) is 29.3 Å². The van der Waals surface area contributed by atoms with E-state index in [4.69, 9.17) is 17.3 Å². The number of nitrogens with two attached hydrogens (primary N) is 1. The molecule has 0 bridgehead atoms. The molecule has 0 saturated carbocycles. The molecule has 86 valence electrons. The van der Waals surface area contributed by atoms with Crippen molar-refractivity contribution in [2.45, 2.75) is 6.42 Å². The summed E-state index contributed by atoms with van der Waals surface area (Å²) >= 11 is 5.83. The molecule has 1 aliphatic heterocycles. The van der Waals surface area contributed by atoms with Gasteiger partial charge in [-0.1, -0.05) is 11.6 Å². The van der Waals surface area contributed by atoms with Crippen molar-refractivity contribution in [1.82, 2.24) is 5.01 Å². The second-order valence-electron chi connectivity index (χ2n) is 3.66. The molecule has 0 spiro atoms. The topological polar surface area (TPSA) is 49.6 Å². The normalized spacial score (nSPS) is 16.0. The number of carbonyl (C=O) groups excluding carboxylic acids is 1. The van der Waals surface area contributed by atoms with E-state index < -0.39 is 0 Å². The molecule has 16 heavy (non-hydrogen) atoms. The quantitative estimate of drug-likeness (QED) is 0.864. The van der Waals surface area contributed by atoms with E-state index >= 15 is 0 Å². The van der Waals surface area contributed by atoms with Crippen molar-refractivity contribution in [2.24, 2.45) is 5.73 Å². The fraction of sp³-hybridized carbons (Fsp3) is 0.364. The first-order valence-electron chi connectivity index (χ1n) is 5.26. The Bertz CT molecular complexity index is 379. The van der Waals surface area contributed by atoms with Crippen molar-refractivity contribution in [1.29, 1.82) is 0 Å². The third-order valence-corrected chi connectivity index (χ3v) is 2.83. The maximum Gasteiger partial charge on any atom is 0.242 e. The number of anilines is 1. The predicted molar refractivity (Wildman–Crippen MR) is 64.2 cm³/mol. The summed E-state index contributed by atoms with van der Waals surface area (Å²) in [6.45, 7) is 1.73. The van der Waals surface area contributed by atoms with Gasteiger partial charge in [-0.2, -0.15) is 0 Å². The zero-order valence-electron chi connectivity index (χ0n) is 8.90. The first-order chi connectivity index (χ1) is 7.72. The van der Waals surface area contributed by atoms with Gasteiger partial charge in [0.25, 0.3) is 0 Å². The molecule has 2 rings (SSSR count). The Hall–Kier alpha value is -1.26. The minimum absolute atomic E-state index is 0.125. The molecular weight excluding hydrogens is 226 g/mol. The number of benzene rings is 1. The van der Waals surface area contributed by atoms with E-state index in [1.54, 1.807) is 5.01 Å². The van der Waals surface area contributed by atoms with Gasteiger partial charge in [-0.25, -0.2) is 0 Å². The fourth-order valence-corrected chi connectivity index (χ4v) is 1.96. The molecule has 0 radical (unpaired) electrons. The highest BCUT2D eigenvalue weighted by molar-refractivity contribution is 6.30. The molecule has 1 aromatic carbocycles. The smallest absolute Gasteiger partial charge is 0.242 e. The predicted octanol–water partition coefficient (Wildman–Crippen LogP) is 1.25. The molecule has 1 aliphatic rings. The number of rotatable bonds is 3. The Labute approximate surface area is 99.5 Å². The zero-order chi connectivity index (χ0) is 11.5. The summed E-state index contributed by atoms with van der Waals surface area (Å²) in [6.07, 6.45) is 0.544. The molecule has 1 fully saturated rings. The highest BCUT2D eigenvalue weighted by Gasteiger charge is 2.28. The lowest BCUT2D eigenvalue weighted by Gasteiger charge is -2.29. The molecule has 0 atom stereocenters. The van der Waals surface area contributed by atoms with Crippen LogP contribution in [0.4, 0.5) is 5.69 Å². The van der Waals surface area contributed by atoms with Gasteiger partial charge < -0.3 is 5.73 Å². The van der Waals surface area contributed by atoms with E-state index in [-0.39, 0.29) is 5.91 Å². The van der Waals surface area contributed by atoms with Crippen LogP contribution >= 0.6 is 11.6 Å². The summed E-state index contributed by atoms with van der Waals surface area (Å²) in [4.78, 5) is 11.6. The van der Waals surface area contributed by atoms with Gasteiger partial charge in [0.05, 0.1) is 12.2 Å². The second-order valence-corrected chi connectivity index (χ2v) is 4.09. The van der Waals surface area contributed by atoms with Crippen LogP contribution < -0.4 is 10.7 Å². The summed E-state index contributed by atoms with van der Waals surface area (Å²) in [5.74, 6) is 0.125. The molecule has 1 aromatic rings. The number of hydrogen-bond donors (Lipinski definition) is 1. The monoisotopic (exact) mass is 239 g/mol. The molecule has 0 aromatic heterocycles. The first kappa shape index (κ1) is 11.2. The van der Waals surface area contributed by atoms with Gasteiger partial charge in [0.1, 0.15) is 0 Å². The van der Waals surface area contributed by atoms with Crippen molar-refractivity contribution < 1.29 is 4.79 Å². The van der Waals surface area contributed by atoms with Crippen LogP contribution in [0.5, 0.6) is 0 Å². The van der Waals surface area contributed by atoms with Crippen LogP contribution in [0.3, 0.4) is 0 Å². The van der Waals surface area contributed by atoms with Crippen LogP contribution in [-0.4, -0.2) is 30.6 Å². The number of nitrogens with zero attached hydrogens (tertiary/aromatic N) is 2. The minimum atomic E-state index is 0.125. The number of carbonyl (C=O) groups is 1. The van der Waals surface area contributed by atoms with Gasteiger partial charge in [0.2, 0.25) is 5.91 Å². The zero-order valence-corrected chi connectivity index (χ0v) is 9.65. The Morgan fingerprint density at radius 1 is 1.31 bits per heavy atom. The number of amides is 1. The number of hydrogen-bond acceptors (Lipinski definition) is 3. The summed E-state index contributed by atoms with van der Waals surface area (Å²) in [5.41, 5.74) is 6.47. The van der Waals surface area contributed by atoms with Crippen molar-refractivity contribution in [2.75, 3.05) is 24.6 Å². The van der Waals surface area contributed by atoms with Crippen molar-refractivity contribution >= 4 is 23.2 Å². The first-order valence-corrected chi connectivity index (χ1v) is 5.63. The van der Waals surface area contributed by atoms with Gasteiger partial charge in [-0.05, 0) is 24.3 Å². The van der Waals surface area contributed by atoms with Crippen molar-refractivity contribution in [3.8, 4) is 0 Å². The van der Waals surface area contributed by atoms with Gasteiger partial charge in [-0.3, -0.25) is 14.8 Å². The van der Waals surface area contributed by atoms with Gasteiger partial charge >= 0.3 is 0 Å². The van der Waals surface area contributed by atoms with E-state index in [1.165, 1.54) is 0 Å². The van der Waals surface area contributed by atoms with Crippen LogP contribution in [0.2, 0.25) is 5.02 Å². The van der Waals surface area contributed by atoms with Gasteiger partial charge in [-0.15, -0.1) is 0 Å². The summed E-state index contributed by atoms with van der Waals surface area (Å²) in [6, 6.07) is 7.45. The van der Waals surface area contributed by atoms with Crippen LogP contribution in [-0.2, 0) is 4.79 Å². The molecule has 2 N–H and O–H groups in total. The molecule has 1 heterocycles. The lowest BCUT2D eigenvalue weighted by Crippen LogP contribution is -2.42. The molecule has 5 heteroatoms. The van der Waals surface area contributed by atoms with Gasteiger partial charge in [0.15, 0.2) is 0 Å². The Morgan fingerprint density at radius 3 is 2.62 bits per heavy atom. The Kier molecular flexibility index (Phi) is 3.31. The third-order valence-electron chi connectivity index (χ3n) is 2.58. The van der Waals surface area contributed by atoms with Crippen LogP contribution in [0, 0.1) is 0 Å². The summed E-state index contributed by atoms with van der Waals surface area (Å²) in [5, 5.41) is 4.34. The maximum absolute atomic E-state index is 11.6. The van der Waals surface area contributed by atoms with Crippen molar-refractivity contribution in [3.63, 3.8) is 0 Å². The average molecular weight is 240 g/mol. The van der Waals surface area contributed by atoms with Crippen LogP contribution in [0.25, 0.3) is 0 Å². The van der Waals surface area contributed by atoms with E-state index in [1.807, 2.05) is 29.3 Å². The van der Waals surface area contributed by atoms with E-state index in [9.17, 15) is 4.79 Å². The summed E-state index contributed by atoms with van der Waals surface area (Å²) in [7, 11) is 0. The largest absolute Gasteiger partial charge is 0.329 e. The molecule has 0 unspecified atom stereocenters. The highest BCUT2D eigenvalue weighted by Crippen LogP contribution is 2.23. The lowest BCUT2D eigenvalue weighted by atomic mass is 10.3. The van der Waals surface area contributed by atoms with Crippen LogP contribution in [0.15, 0.2) is 24.3 Å². The average Bonchev–Trinajstić information content (AvgIpc) is 2.63. The second kappa shape index (κ2) is 4.72. The Morgan fingerprint density at radius 2 is 2.00 bits per heavy atom. The van der Waals surface area contributed by atoms with Crippen LogP contribution in [0.1, 0.15) is 6.42 Å². The van der Waals surface area contributed by atoms with E-state index in [2.05, 4.69) is 0 Å². The lowest BCUT2D eigenvalue weighted by molar-refractivity contribution is -0.128. The van der Waals surface area contributed by atoms with E-state index in [0.717, 1.165) is 5.69 Å². The summed E-state index contributed by atoms with van der Waals surface area (Å²) < 4.78 is 0. The minimum Gasteiger partial charge on any atom is -0.329 e. The maximum atomic E-state index is 11.6. The SMILES string of the molecule is NCCN1C(=O)CCN1c1ccc(Cl)cc1. The molecule has 1 saturated heterocycles. The Balaban J connectivity index is 2.19. The third kappa shape index (κ3) is 2.13. The molecule has 1 amide bonds. The van der Waals surface area contributed by atoms with E-state index in [0.29, 0.717) is 31.1 Å². The molecule has 0 aliphatic carbocycles. The number of hydrazine groups is 1. The standard InChI is InChI=1S/C11H14ClN3O/c12-9-1-3-10(4-2-9)14-7-5-11(16)15(14)8-6-13/h1-4H,5-8,13H2. The number of halogens is 1. The fourth-order valence-electron chi connectivity index (χ4n) is 1.84. The molecule has 4 nitrogen and oxygen atoms in total.